The van der Waals surface area contributed by atoms with Crippen molar-refractivity contribution in [3.05, 3.63) is 34.9 Å². The molecule has 0 spiro atoms. The predicted molar refractivity (Wildman–Crippen MR) is 71.2 cm³/mol. The van der Waals surface area contributed by atoms with Gasteiger partial charge >= 0.3 is 6.03 Å². The van der Waals surface area contributed by atoms with Gasteiger partial charge in [0.2, 0.25) is 0 Å². The average molecular weight is 255 g/mol. The fraction of sp³-hybridized carbons (Fsp3) is 0.462. The highest BCUT2D eigenvalue weighted by molar-refractivity contribution is 6.30. The van der Waals surface area contributed by atoms with Crippen molar-refractivity contribution in [2.75, 3.05) is 20.1 Å². The third-order valence-corrected chi connectivity index (χ3v) is 2.95. The van der Waals surface area contributed by atoms with Gasteiger partial charge in [-0.15, -0.1) is 0 Å². The lowest BCUT2D eigenvalue weighted by Gasteiger charge is -2.26. The van der Waals surface area contributed by atoms with Crippen LogP contribution >= 0.6 is 11.6 Å². The van der Waals surface area contributed by atoms with Gasteiger partial charge in [0.1, 0.15) is 0 Å². The number of benzene rings is 1. The molecule has 17 heavy (non-hydrogen) atoms. The summed E-state index contributed by atoms with van der Waals surface area (Å²) in [6.45, 7) is 6.04. The lowest BCUT2D eigenvalue weighted by molar-refractivity contribution is 0.165. The molecular formula is C13H19ClN2O. The van der Waals surface area contributed by atoms with E-state index in [4.69, 9.17) is 11.6 Å². The zero-order valence-corrected chi connectivity index (χ0v) is 11.4. The standard InChI is InChI=1S/C13H19ClN2O/c1-4-16(5-2)13(17)15(3)10-11-6-8-12(14)9-7-11/h6-9H,4-5,10H2,1-3H3. The number of halogens is 1. The maximum absolute atomic E-state index is 12.0. The Morgan fingerprint density at radius 2 is 1.71 bits per heavy atom. The molecule has 0 aromatic heterocycles. The van der Waals surface area contributed by atoms with E-state index in [2.05, 4.69) is 0 Å². The van der Waals surface area contributed by atoms with E-state index in [-0.39, 0.29) is 6.03 Å². The van der Waals surface area contributed by atoms with Crippen LogP contribution in [0.25, 0.3) is 0 Å². The normalized spacial score (nSPS) is 10.1. The maximum atomic E-state index is 12.0. The van der Waals surface area contributed by atoms with Gasteiger partial charge in [-0.1, -0.05) is 23.7 Å². The Bertz CT molecular complexity index is 360. The summed E-state index contributed by atoms with van der Waals surface area (Å²) in [5.74, 6) is 0. The predicted octanol–water partition coefficient (Wildman–Crippen LogP) is 3.23. The molecule has 3 nitrogen and oxygen atoms in total. The Kier molecular flexibility index (Phi) is 5.29. The Hall–Kier alpha value is -1.22. The molecule has 1 aromatic carbocycles. The Labute approximate surface area is 108 Å². The minimum Gasteiger partial charge on any atom is -0.325 e. The summed E-state index contributed by atoms with van der Waals surface area (Å²) in [6.07, 6.45) is 0. The van der Waals surface area contributed by atoms with E-state index in [1.54, 1.807) is 9.80 Å². The third kappa shape index (κ3) is 3.93. The van der Waals surface area contributed by atoms with Crippen LogP contribution in [0.1, 0.15) is 19.4 Å². The van der Waals surface area contributed by atoms with E-state index in [1.165, 1.54) is 0 Å². The molecule has 1 aromatic rings. The van der Waals surface area contributed by atoms with Crippen LogP contribution in [0.5, 0.6) is 0 Å². The van der Waals surface area contributed by atoms with Crippen molar-refractivity contribution in [3.63, 3.8) is 0 Å². The molecule has 1 rings (SSSR count). The van der Waals surface area contributed by atoms with Crippen LogP contribution in [0, 0.1) is 0 Å². The highest BCUT2D eigenvalue weighted by atomic mass is 35.5. The number of hydrogen-bond donors (Lipinski definition) is 0. The molecule has 4 heteroatoms. The topological polar surface area (TPSA) is 23.6 Å². The Balaban J connectivity index is 2.62. The van der Waals surface area contributed by atoms with Crippen LogP contribution in [-0.2, 0) is 6.54 Å². The second-order valence-corrected chi connectivity index (χ2v) is 4.37. The molecule has 0 aliphatic heterocycles. The molecule has 94 valence electrons. The number of rotatable bonds is 4. The molecule has 0 aliphatic rings. The van der Waals surface area contributed by atoms with Crippen molar-refractivity contribution in [1.82, 2.24) is 9.80 Å². The summed E-state index contributed by atoms with van der Waals surface area (Å²) in [7, 11) is 1.81. The summed E-state index contributed by atoms with van der Waals surface area (Å²) in [4.78, 5) is 15.5. The first-order valence-corrected chi connectivity index (χ1v) is 6.20. The largest absolute Gasteiger partial charge is 0.325 e. The molecule has 0 radical (unpaired) electrons. The first-order valence-electron chi connectivity index (χ1n) is 5.83. The van der Waals surface area contributed by atoms with Crippen LogP contribution in [0.2, 0.25) is 5.02 Å². The van der Waals surface area contributed by atoms with Gasteiger partial charge in [-0.2, -0.15) is 0 Å². The van der Waals surface area contributed by atoms with Crippen LogP contribution in [0.3, 0.4) is 0 Å². The van der Waals surface area contributed by atoms with E-state index in [9.17, 15) is 4.79 Å². The highest BCUT2D eigenvalue weighted by Crippen LogP contribution is 2.11. The van der Waals surface area contributed by atoms with Crippen LogP contribution < -0.4 is 0 Å². The van der Waals surface area contributed by atoms with E-state index in [0.29, 0.717) is 11.6 Å². The maximum Gasteiger partial charge on any atom is 0.320 e. The smallest absolute Gasteiger partial charge is 0.320 e. The number of amides is 2. The summed E-state index contributed by atoms with van der Waals surface area (Å²) in [6, 6.07) is 7.62. The van der Waals surface area contributed by atoms with Gasteiger partial charge in [-0.25, -0.2) is 4.79 Å². The molecular weight excluding hydrogens is 236 g/mol. The van der Waals surface area contributed by atoms with E-state index in [0.717, 1.165) is 18.7 Å². The fourth-order valence-corrected chi connectivity index (χ4v) is 1.79. The minimum absolute atomic E-state index is 0.0601. The summed E-state index contributed by atoms with van der Waals surface area (Å²) >= 11 is 5.82. The molecule has 0 saturated heterocycles. The lowest BCUT2D eigenvalue weighted by Crippen LogP contribution is -2.40. The van der Waals surface area contributed by atoms with Gasteiger partial charge < -0.3 is 9.80 Å². The lowest BCUT2D eigenvalue weighted by atomic mass is 10.2. The molecule has 0 fully saturated rings. The number of urea groups is 1. The van der Waals surface area contributed by atoms with E-state index < -0.39 is 0 Å². The van der Waals surface area contributed by atoms with Gasteiger partial charge in [0.15, 0.2) is 0 Å². The third-order valence-electron chi connectivity index (χ3n) is 2.69. The van der Waals surface area contributed by atoms with Crippen LogP contribution in [0.4, 0.5) is 4.79 Å². The summed E-state index contributed by atoms with van der Waals surface area (Å²) in [5, 5.41) is 0.714. The number of carbonyl (C=O) groups is 1. The molecule has 0 N–H and O–H groups in total. The molecule has 0 saturated carbocycles. The monoisotopic (exact) mass is 254 g/mol. The fourth-order valence-electron chi connectivity index (χ4n) is 1.67. The van der Waals surface area contributed by atoms with Crippen molar-refractivity contribution >= 4 is 17.6 Å². The average Bonchev–Trinajstić information content (AvgIpc) is 2.33. The second kappa shape index (κ2) is 6.50. The van der Waals surface area contributed by atoms with Crippen LogP contribution in [0.15, 0.2) is 24.3 Å². The molecule has 0 unspecified atom stereocenters. The molecule has 0 heterocycles. The van der Waals surface area contributed by atoms with Gasteiger partial charge in [0.25, 0.3) is 0 Å². The van der Waals surface area contributed by atoms with Gasteiger partial charge in [-0.3, -0.25) is 0 Å². The first-order chi connectivity index (χ1) is 8.08. The van der Waals surface area contributed by atoms with E-state index >= 15 is 0 Å². The van der Waals surface area contributed by atoms with Crippen molar-refractivity contribution in [1.29, 1.82) is 0 Å². The number of nitrogens with zero attached hydrogens (tertiary/aromatic N) is 2. The number of hydrogen-bond acceptors (Lipinski definition) is 1. The van der Waals surface area contributed by atoms with Crippen molar-refractivity contribution in [2.24, 2.45) is 0 Å². The minimum atomic E-state index is 0.0601. The summed E-state index contributed by atoms with van der Waals surface area (Å²) < 4.78 is 0. The molecule has 2 amide bonds. The molecule has 0 bridgehead atoms. The second-order valence-electron chi connectivity index (χ2n) is 3.94. The van der Waals surface area contributed by atoms with Crippen molar-refractivity contribution in [2.45, 2.75) is 20.4 Å². The first kappa shape index (κ1) is 13.8. The zero-order valence-electron chi connectivity index (χ0n) is 10.6. The van der Waals surface area contributed by atoms with Gasteiger partial charge in [0, 0.05) is 31.7 Å². The van der Waals surface area contributed by atoms with Crippen molar-refractivity contribution in [3.8, 4) is 0 Å². The quantitative estimate of drug-likeness (QED) is 0.809. The molecule has 0 atom stereocenters. The van der Waals surface area contributed by atoms with Gasteiger partial charge in [0.05, 0.1) is 0 Å². The summed E-state index contributed by atoms with van der Waals surface area (Å²) in [5.41, 5.74) is 1.08. The van der Waals surface area contributed by atoms with Crippen molar-refractivity contribution < 1.29 is 4.79 Å². The molecule has 0 aliphatic carbocycles. The highest BCUT2D eigenvalue weighted by Gasteiger charge is 2.14. The van der Waals surface area contributed by atoms with E-state index in [1.807, 2.05) is 45.2 Å². The Morgan fingerprint density at radius 3 is 2.18 bits per heavy atom. The zero-order chi connectivity index (χ0) is 12.8. The van der Waals surface area contributed by atoms with Gasteiger partial charge in [-0.05, 0) is 31.5 Å². The van der Waals surface area contributed by atoms with Crippen LogP contribution in [-0.4, -0.2) is 36.0 Å². The SMILES string of the molecule is CCN(CC)C(=O)N(C)Cc1ccc(Cl)cc1. The Morgan fingerprint density at radius 1 is 1.18 bits per heavy atom. The number of carbonyl (C=O) groups excluding carboxylic acids is 1.